The van der Waals surface area contributed by atoms with Crippen LogP contribution in [0.3, 0.4) is 0 Å². The largest absolute Gasteiger partial charge is 0.394 e. The average Bonchev–Trinajstić information content (AvgIpc) is 2.26. The van der Waals surface area contributed by atoms with Gasteiger partial charge < -0.3 is 15.5 Å². The van der Waals surface area contributed by atoms with Crippen LogP contribution >= 0.6 is 0 Å². The molecular formula is C11H17NO2. The second kappa shape index (κ2) is 5.75. The smallest absolute Gasteiger partial charge is 0.0920 e. The Morgan fingerprint density at radius 2 is 1.93 bits per heavy atom. The van der Waals surface area contributed by atoms with Crippen LogP contribution in [-0.2, 0) is 6.54 Å². The molecule has 1 rings (SSSR count). The Labute approximate surface area is 84.4 Å². The summed E-state index contributed by atoms with van der Waals surface area (Å²) in [4.78, 5) is 0. The lowest BCUT2D eigenvalue weighted by atomic mass is 10.1. The van der Waals surface area contributed by atoms with E-state index in [0.29, 0.717) is 6.54 Å². The number of hydrogen-bond donors (Lipinski definition) is 3. The number of hydrogen-bond acceptors (Lipinski definition) is 3. The van der Waals surface area contributed by atoms with Crippen molar-refractivity contribution in [2.24, 2.45) is 0 Å². The summed E-state index contributed by atoms with van der Waals surface area (Å²) in [6.07, 6.45) is -0.696. The molecule has 3 heteroatoms. The molecule has 0 saturated heterocycles. The van der Waals surface area contributed by atoms with E-state index >= 15 is 0 Å². The third-order valence-electron chi connectivity index (χ3n) is 2.24. The van der Waals surface area contributed by atoms with Gasteiger partial charge in [-0.3, -0.25) is 0 Å². The molecule has 14 heavy (non-hydrogen) atoms. The van der Waals surface area contributed by atoms with E-state index in [1.807, 2.05) is 37.3 Å². The molecule has 3 N–H and O–H groups in total. The van der Waals surface area contributed by atoms with Crippen LogP contribution in [0.25, 0.3) is 0 Å². The zero-order valence-corrected chi connectivity index (χ0v) is 8.35. The van der Waals surface area contributed by atoms with Crippen molar-refractivity contribution >= 4 is 0 Å². The van der Waals surface area contributed by atoms with Crippen LogP contribution in [0.4, 0.5) is 0 Å². The maximum atomic E-state index is 9.29. The molecule has 0 saturated carbocycles. The van der Waals surface area contributed by atoms with Gasteiger partial charge >= 0.3 is 0 Å². The molecule has 3 nitrogen and oxygen atoms in total. The quantitative estimate of drug-likeness (QED) is 0.642. The number of benzene rings is 1. The van der Waals surface area contributed by atoms with Crippen LogP contribution in [0.1, 0.15) is 12.5 Å². The zero-order valence-electron chi connectivity index (χ0n) is 8.35. The van der Waals surface area contributed by atoms with Crippen molar-refractivity contribution in [3.8, 4) is 0 Å². The summed E-state index contributed by atoms with van der Waals surface area (Å²) in [7, 11) is 0. The van der Waals surface area contributed by atoms with Crippen molar-refractivity contribution in [2.75, 3.05) is 6.61 Å². The lowest BCUT2D eigenvalue weighted by Crippen LogP contribution is -2.38. The highest BCUT2D eigenvalue weighted by Gasteiger charge is 2.11. The van der Waals surface area contributed by atoms with Crippen molar-refractivity contribution in [3.05, 3.63) is 35.9 Å². The van der Waals surface area contributed by atoms with E-state index in [1.165, 1.54) is 5.56 Å². The predicted molar refractivity (Wildman–Crippen MR) is 55.8 cm³/mol. The van der Waals surface area contributed by atoms with Crippen molar-refractivity contribution < 1.29 is 10.2 Å². The monoisotopic (exact) mass is 195 g/mol. The van der Waals surface area contributed by atoms with Crippen molar-refractivity contribution in [2.45, 2.75) is 25.6 Å². The first kappa shape index (κ1) is 11.2. The molecule has 0 aliphatic carbocycles. The first-order valence-electron chi connectivity index (χ1n) is 4.80. The maximum Gasteiger partial charge on any atom is 0.0920 e. The van der Waals surface area contributed by atoms with Gasteiger partial charge in [-0.15, -0.1) is 0 Å². The summed E-state index contributed by atoms with van der Waals surface area (Å²) in [5.41, 5.74) is 1.17. The van der Waals surface area contributed by atoms with E-state index in [0.717, 1.165) is 0 Å². The third-order valence-corrected chi connectivity index (χ3v) is 2.24. The van der Waals surface area contributed by atoms with Crippen molar-refractivity contribution in [1.82, 2.24) is 5.32 Å². The van der Waals surface area contributed by atoms with Crippen LogP contribution in [0.2, 0.25) is 0 Å². The van der Waals surface area contributed by atoms with Crippen LogP contribution in [0.15, 0.2) is 30.3 Å². The van der Waals surface area contributed by atoms with Gasteiger partial charge in [0.1, 0.15) is 0 Å². The predicted octanol–water partition coefficient (Wildman–Crippen LogP) is 0.518. The van der Waals surface area contributed by atoms with E-state index in [2.05, 4.69) is 5.32 Å². The van der Waals surface area contributed by atoms with Crippen LogP contribution in [-0.4, -0.2) is 29.0 Å². The minimum atomic E-state index is -0.696. The van der Waals surface area contributed by atoms with Gasteiger partial charge in [-0.05, 0) is 12.5 Å². The standard InChI is InChI=1S/C11H17NO2/c1-9(11(14)8-13)12-7-10-5-3-2-4-6-10/h2-6,9,11-14H,7-8H2,1H3/t9-,11-/m1/s1. The molecule has 0 heterocycles. The van der Waals surface area contributed by atoms with Gasteiger partial charge in [-0.1, -0.05) is 30.3 Å². The Bertz CT molecular complexity index is 251. The summed E-state index contributed by atoms with van der Waals surface area (Å²) >= 11 is 0. The number of aliphatic hydroxyl groups excluding tert-OH is 2. The molecule has 0 amide bonds. The number of aliphatic hydroxyl groups is 2. The molecule has 0 radical (unpaired) electrons. The van der Waals surface area contributed by atoms with E-state index in [-0.39, 0.29) is 12.6 Å². The van der Waals surface area contributed by atoms with Gasteiger partial charge in [0, 0.05) is 12.6 Å². The molecule has 1 aromatic rings. The highest BCUT2D eigenvalue weighted by molar-refractivity contribution is 5.14. The Hall–Kier alpha value is -0.900. The maximum absolute atomic E-state index is 9.29. The van der Waals surface area contributed by atoms with Gasteiger partial charge in [-0.2, -0.15) is 0 Å². The molecule has 78 valence electrons. The second-order valence-electron chi connectivity index (χ2n) is 3.41. The molecule has 0 aromatic heterocycles. The van der Waals surface area contributed by atoms with Crippen LogP contribution < -0.4 is 5.32 Å². The average molecular weight is 195 g/mol. The molecule has 0 spiro atoms. The van der Waals surface area contributed by atoms with Gasteiger partial charge in [0.25, 0.3) is 0 Å². The highest BCUT2D eigenvalue weighted by Crippen LogP contribution is 1.99. The fourth-order valence-corrected chi connectivity index (χ4v) is 1.17. The number of rotatable bonds is 5. The van der Waals surface area contributed by atoms with Gasteiger partial charge in [0.05, 0.1) is 12.7 Å². The van der Waals surface area contributed by atoms with Crippen LogP contribution in [0.5, 0.6) is 0 Å². The van der Waals surface area contributed by atoms with E-state index < -0.39 is 6.10 Å². The lowest BCUT2D eigenvalue weighted by molar-refractivity contribution is 0.0675. The SMILES string of the molecule is C[C@@H](NCc1ccccc1)[C@H](O)CO. The third kappa shape index (κ3) is 3.46. The summed E-state index contributed by atoms with van der Waals surface area (Å²) in [5.74, 6) is 0. The van der Waals surface area contributed by atoms with Crippen molar-refractivity contribution in [1.29, 1.82) is 0 Å². The topological polar surface area (TPSA) is 52.5 Å². The molecule has 1 aromatic carbocycles. The molecule has 0 unspecified atom stereocenters. The normalized spacial score (nSPS) is 15.1. The first-order valence-corrected chi connectivity index (χ1v) is 4.80. The molecule has 0 aliphatic rings. The van der Waals surface area contributed by atoms with Crippen LogP contribution in [0, 0.1) is 0 Å². The fraction of sp³-hybridized carbons (Fsp3) is 0.455. The minimum Gasteiger partial charge on any atom is -0.394 e. The molecule has 0 bridgehead atoms. The Balaban J connectivity index is 2.34. The molecular weight excluding hydrogens is 178 g/mol. The zero-order chi connectivity index (χ0) is 10.4. The Morgan fingerprint density at radius 1 is 1.29 bits per heavy atom. The molecule has 0 aliphatic heterocycles. The second-order valence-corrected chi connectivity index (χ2v) is 3.41. The number of nitrogens with one attached hydrogen (secondary N) is 1. The summed E-state index contributed by atoms with van der Waals surface area (Å²) in [5, 5.41) is 21.1. The lowest BCUT2D eigenvalue weighted by Gasteiger charge is -2.18. The summed E-state index contributed by atoms with van der Waals surface area (Å²) in [6.45, 7) is 2.35. The minimum absolute atomic E-state index is 0.0970. The van der Waals surface area contributed by atoms with Gasteiger partial charge in [0.2, 0.25) is 0 Å². The van der Waals surface area contributed by atoms with Gasteiger partial charge in [0.15, 0.2) is 0 Å². The highest BCUT2D eigenvalue weighted by atomic mass is 16.3. The van der Waals surface area contributed by atoms with E-state index in [4.69, 9.17) is 5.11 Å². The molecule has 2 atom stereocenters. The summed E-state index contributed by atoms with van der Waals surface area (Å²) in [6, 6.07) is 9.86. The first-order chi connectivity index (χ1) is 6.74. The fourth-order valence-electron chi connectivity index (χ4n) is 1.17. The Morgan fingerprint density at radius 3 is 2.50 bits per heavy atom. The summed E-state index contributed by atoms with van der Waals surface area (Å²) < 4.78 is 0. The van der Waals surface area contributed by atoms with Crippen molar-refractivity contribution in [3.63, 3.8) is 0 Å². The Kier molecular flexibility index (Phi) is 4.59. The van der Waals surface area contributed by atoms with Gasteiger partial charge in [-0.25, -0.2) is 0 Å². The van der Waals surface area contributed by atoms with E-state index in [9.17, 15) is 5.11 Å². The van der Waals surface area contributed by atoms with E-state index in [1.54, 1.807) is 0 Å². The molecule has 0 fully saturated rings.